The lowest BCUT2D eigenvalue weighted by Crippen LogP contribution is -2.30. The molecule has 0 bridgehead atoms. The zero-order valence-electron chi connectivity index (χ0n) is 10.3. The van der Waals surface area contributed by atoms with Gasteiger partial charge in [0, 0.05) is 6.42 Å². The predicted molar refractivity (Wildman–Crippen MR) is 65.1 cm³/mol. The van der Waals surface area contributed by atoms with E-state index in [9.17, 15) is 0 Å². The van der Waals surface area contributed by atoms with Crippen LogP contribution in [0.3, 0.4) is 0 Å². The summed E-state index contributed by atoms with van der Waals surface area (Å²) in [6, 6.07) is 0. The molecule has 0 radical (unpaired) electrons. The highest BCUT2D eigenvalue weighted by molar-refractivity contribution is 5.98. The molecule has 0 heterocycles. The van der Waals surface area contributed by atoms with Gasteiger partial charge in [-0.2, -0.15) is 0 Å². The second-order valence-electron chi connectivity index (χ2n) is 5.32. The Morgan fingerprint density at radius 1 is 1.50 bits per heavy atom. The summed E-state index contributed by atoms with van der Waals surface area (Å²) in [5.41, 5.74) is 0.465. The van der Waals surface area contributed by atoms with Crippen molar-refractivity contribution in [2.24, 2.45) is 17.3 Å². The smallest absolute Gasteiger partial charge is 0.203 e. The van der Waals surface area contributed by atoms with E-state index in [0.29, 0.717) is 5.41 Å². The van der Waals surface area contributed by atoms with E-state index in [1.165, 1.54) is 18.6 Å². The summed E-state index contributed by atoms with van der Waals surface area (Å²) in [5.74, 6) is 2.84. The van der Waals surface area contributed by atoms with E-state index >= 15 is 0 Å². The van der Waals surface area contributed by atoms with Gasteiger partial charge >= 0.3 is 0 Å². The maximum atomic E-state index is 5.41. The molecule has 1 rings (SSSR count). The molecule has 0 aromatic heterocycles. The Morgan fingerprint density at radius 2 is 2.14 bits per heavy atom. The van der Waals surface area contributed by atoms with E-state index in [4.69, 9.17) is 4.43 Å². The molecule has 14 heavy (non-hydrogen) atoms. The first-order chi connectivity index (χ1) is 6.48. The minimum atomic E-state index is 0.465. The maximum Gasteiger partial charge on any atom is 0.203 e. The lowest BCUT2D eigenvalue weighted by atomic mass is 9.66. The largest absolute Gasteiger partial charge is 0.556 e. The van der Waals surface area contributed by atoms with Gasteiger partial charge in [0.05, 0.1) is 5.76 Å². The standard InChI is InChI=1S/C12H24OSi/c1-9(2)12(3,4)10-5-7-11(13-14)8-6-10/h7,9-10H,5-6,8H2,1-4,14H3. The molecule has 1 aliphatic rings. The van der Waals surface area contributed by atoms with Crippen molar-refractivity contribution in [2.45, 2.75) is 47.0 Å². The van der Waals surface area contributed by atoms with Gasteiger partial charge in [0.25, 0.3) is 0 Å². The average molecular weight is 212 g/mol. The highest BCUT2D eigenvalue weighted by atomic mass is 28.2. The predicted octanol–water partition coefficient (Wildman–Crippen LogP) is 2.65. The molecule has 0 spiro atoms. The molecule has 1 unspecified atom stereocenters. The van der Waals surface area contributed by atoms with E-state index in [2.05, 4.69) is 33.8 Å². The van der Waals surface area contributed by atoms with Gasteiger partial charge < -0.3 is 4.43 Å². The molecule has 82 valence electrons. The molecule has 0 fully saturated rings. The number of allylic oxidation sites excluding steroid dienone is 2. The molecule has 0 amide bonds. The summed E-state index contributed by atoms with van der Waals surface area (Å²) in [6.07, 6.45) is 5.98. The summed E-state index contributed by atoms with van der Waals surface area (Å²) < 4.78 is 5.41. The monoisotopic (exact) mass is 212 g/mol. The molecular formula is C12H24OSi. The van der Waals surface area contributed by atoms with Crippen molar-refractivity contribution in [3.8, 4) is 0 Å². The lowest BCUT2D eigenvalue weighted by molar-refractivity contribution is 0.121. The van der Waals surface area contributed by atoms with E-state index in [0.717, 1.165) is 28.7 Å². The molecule has 0 saturated heterocycles. The van der Waals surface area contributed by atoms with Crippen LogP contribution in [0.2, 0.25) is 0 Å². The fourth-order valence-corrected chi connectivity index (χ4v) is 2.51. The molecule has 0 aliphatic heterocycles. The fraction of sp³-hybridized carbons (Fsp3) is 0.833. The SMILES string of the molecule is CC(C)C(C)(C)C1CC=C(O[SiH3])CC1. The van der Waals surface area contributed by atoms with Crippen LogP contribution in [0.15, 0.2) is 11.8 Å². The second kappa shape index (κ2) is 4.52. The van der Waals surface area contributed by atoms with Gasteiger partial charge in [0.15, 0.2) is 0 Å². The van der Waals surface area contributed by atoms with Crippen LogP contribution in [-0.2, 0) is 4.43 Å². The minimum absolute atomic E-state index is 0.465. The van der Waals surface area contributed by atoms with Gasteiger partial charge in [0.2, 0.25) is 10.5 Å². The number of hydrogen-bond donors (Lipinski definition) is 0. The highest BCUT2D eigenvalue weighted by Gasteiger charge is 2.33. The van der Waals surface area contributed by atoms with Crippen LogP contribution in [0.1, 0.15) is 47.0 Å². The van der Waals surface area contributed by atoms with Crippen LogP contribution < -0.4 is 0 Å². The molecule has 0 saturated carbocycles. The Hall–Kier alpha value is -0.243. The molecule has 2 heteroatoms. The molecule has 1 aliphatic carbocycles. The van der Waals surface area contributed by atoms with E-state index in [-0.39, 0.29) is 0 Å². The van der Waals surface area contributed by atoms with Crippen molar-refractivity contribution in [1.82, 2.24) is 0 Å². The van der Waals surface area contributed by atoms with Crippen LogP contribution in [0.5, 0.6) is 0 Å². The van der Waals surface area contributed by atoms with Crippen LogP contribution in [0, 0.1) is 17.3 Å². The minimum Gasteiger partial charge on any atom is -0.556 e. The number of hydrogen-bond acceptors (Lipinski definition) is 1. The fourth-order valence-electron chi connectivity index (χ4n) is 2.14. The average Bonchev–Trinajstić information content (AvgIpc) is 2.17. The Labute approximate surface area is 91.5 Å². The Bertz CT molecular complexity index is 218. The van der Waals surface area contributed by atoms with Gasteiger partial charge in [0.1, 0.15) is 0 Å². The van der Waals surface area contributed by atoms with Crippen LogP contribution in [0.25, 0.3) is 0 Å². The van der Waals surface area contributed by atoms with Gasteiger partial charge in [-0.1, -0.05) is 27.7 Å². The van der Waals surface area contributed by atoms with Crippen molar-refractivity contribution >= 4 is 10.5 Å². The van der Waals surface area contributed by atoms with Crippen molar-refractivity contribution in [2.75, 3.05) is 0 Å². The van der Waals surface area contributed by atoms with Crippen molar-refractivity contribution in [1.29, 1.82) is 0 Å². The van der Waals surface area contributed by atoms with Gasteiger partial charge in [-0.3, -0.25) is 0 Å². The Balaban J connectivity index is 2.62. The third-order valence-corrected chi connectivity index (χ3v) is 4.70. The van der Waals surface area contributed by atoms with Gasteiger partial charge in [-0.15, -0.1) is 0 Å². The van der Waals surface area contributed by atoms with Crippen LogP contribution >= 0.6 is 0 Å². The third-order valence-electron chi connectivity index (χ3n) is 4.17. The maximum absolute atomic E-state index is 5.41. The summed E-state index contributed by atoms with van der Waals surface area (Å²) in [4.78, 5) is 0. The Kier molecular flexibility index (Phi) is 3.82. The van der Waals surface area contributed by atoms with E-state index in [1.54, 1.807) is 0 Å². The van der Waals surface area contributed by atoms with Gasteiger partial charge in [-0.25, -0.2) is 0 Å². The van der Waals surface area contributed by atoms with E-state index in [1.807, 2.05) is 0 Å². The third kappa shape index (κ3) is 2.41. The zero-order chi connectivity index (χ0) is 10.8. The van der Waals surface area contributed by atoms with E-state index < -0.39 is 0 Å². The molecule has 1 nitrogen and oxygen atoms in total. The van der Waals surface area contributed by atoms with Crippen molar-refractivity contribution in [3.63, 3.8) is 0 Å². The molecule has 0 aromatic rings. The highest BCUT2D eigenvalue weighted by Crippen LogP contribution is 2.42. The molecule has 1 atom stereocenters. The van der Waals surface area contributed by atoms with Gasteiger partial charge in [-0.05, 0) is 36.2 Å². The summed E-state index contributed by atoms with van der Waals surface area (Å²) in [6.45, 7) is 9.48. The first-order valence-corrected chi connectivity index (χ1v) is 6.53. The first kappa shape index (κ1) is 11.8. The topological polar surface area (TPSA) is 9.23 Å². The quantitative estimate of drug-likeness (QED) is 0.654. The van der Waals surface area contributed by atoms with Crippen LogP contribution in [-0.4, -0.2) is 10.5 Å². The first-order valence-electron chi connectivity index (χ1n) is 5.71. The van der Waals surface area contributed by atoms with Crippen molar-refractivity contribution in [3.05, 3.63) is 11.8 Å². The molecule has 0 N–H and O–H groups in total. The lowest BCUT2D eigenvalue weighted by Gasteiger charge is -2.39. The second-order valence-corrected chi connectivity index (χ2v) is 5.73. The summed E-state index contributed by atoms with van der Waals surface area (Å²) >= 11 is 0. The summed E-state index contributed by atoms with van der Waals surface area (Å²) in [7, 11) is 0.841. The molecule has 0 aromatic carbocycles. The summed E-state index contributed by atoms with van der Waals surface area (Å²) in [5, 5.41) is 0. The molecular weight excluding hydrogens is 188 g/mol. The Morgan fingerprint density at radius 3 is 2.50 bits per heavy atom. The van der Waals surface area contributed by atoms with Crippen LogP contribution in [0.4, 0.5) is 0 Å². The normalized spacial score (nSPS) is 23.8. The van der Waals surface area contributed by atoms with Crippen molar-refractivity contribution < 1.29 is 4.43 Å². The zero-order valence-corrected chi connectivity index (χ0v) is 12.3. The number of rotatable bonds is 3.